The summed E-state index contributed by atoms with van der Waals surface area (Å²) >= 11 is 0. The quantitative estimate of drug-likeness (QED) is 0.382. The lowest BCUT2D eigenvalue weighted by Crippen LogP contribution is -2.61. The van der Waals surface area contributed by atoms with Crippen molar-refractivity contribution in [1.29, 1.82) is 0 Å². The third-order valence-corrected chi connectivity index (χ3v) is 5.66. The van der Waals surface area contributed by atoms with Crippen LogP contribution in [0.15, 0.2) is 0 Å². The molecule has 0 aliphatic carbocycles. The number of carbonyl (C=O) groups is 6. The second-order valence-corrected chi connectivity index (χ2v) is 11.3. The third kappa shape index (κ3) is 9.21. The van der Waals surface area contributed by atoms with Gasteiger partial charge in [-0.1, -0.05) is 0 Å². The monoisotopic (exact) mass is 527 g/mol. The maximum absolute atomic E-state index is 13.2. The molecule has 1 heterocycles. The summed E-state index contributed by atoms with van der Waals surface area (Å²) in [7, 11) is 2.80. The van der Waals surface area contributed by atoms with E-state index in [0.717, 1.165) is 9.80 Å². The molecule has 0 saturated carbocycles. The smallest absolute Gasteiger partial charge is 0.410 e. The van der Waals surface area contributed by atoms with Crippen LogP contribution in [0.25, 0.3) is 0 Å². The highest BCUT2D eigenvalue weighted by Gasteiger charge is 2.43. The predicted octanol–water partition coefficient (Wildman–Crippen LogP) is 0.177. The highest BCUT2D eigenvalue weighted by Crippen LogP contribution is 2.22. The van der Waals surface area contributed by atoms with Crippen LogP contribution in [-0.2, 0) is 28.7 Å². The van der Waals surface area contributed by atoms with Crippen LogP contribution in [-0.4, -0.2) is 112 Å². The van der Waals surface area contributed by atoms with Gasteiger partial charge in [-0.05, 0) is 61.3 Å². The van der Waals surface area contributed by atoms with Gasteiger partial charge in [-0.15, -0.1) is 0 Å². The van der Waals surface area contributed by atoms with E-state index in [2.05, 4.69) is 10.6 Å². The molecule has 1 rings (SSSR count). The summed E-state index contributed by atoms with van der Waals surface area (Å²) in [5, 5.41) is 14.3. The number of hydrogen-bond donors (Lipinski definition) is 3. The van der Waals surface area contributed by atoms with E-state index < -0.39 is 58.4 Å². The maximum atomic E-state index is 13.2. The molecule has 1 unspecified atom stereocenters. The molecular formula is C24H41N5O8. The molecule has 0 aromatic carbocycles. The van der Waals surface area contributed by atoms with Gasteiger partial charge < -0.3 is 35.2 Å². The van der Waals surface area contributed by atoms with Gasteiger partial charge in [0.25, 0.3) is 0 Å². The molecule has 37 heavy (non-hydrogen) atoms. The van der Waals surface area contributed by atoms with Crippen LogP contribution in [0.3, 0.4) is 0 Å². The van der Waals surface area contributed by atoms with Crippen molar-refractivity contribution in [2.24, 2.45) is 0 Å². The number of carbonyl (C=O) groups excluding carboxylic acids is 5. The van der Waals surface area contributed by atoms with Crippen molar-refractivity contribution >= 4 is 35.7 Å². The van der Waals surface area contributed by atoms with Gasteiger partial charge in [-0.25, -0.2) is 9.59 Å². The van der Waals surface area contributed by atoms with Crippen LogP contribution in [0.5, 0.6) is 0 Å². The fourth-order valence-electron chi connectivity index (χ4n) is 3.56. The van der Waals surface area contributed by atoms with Crippen molar-refractivity contribution in [3.63, 3.8) is 0 Å². The highest BCUT2D eigenvalue weighted by atomic mass is 16.6. The molecule has 1 atom stereocenters. The van der Waals surface area contributed by atoms with E-state index in [0.29, 0.717) is 12.8 Å². The van der Waals surface area contributed by atoms with Crippen LogP contribution < -0.4 is 10.6 Å². The number of carboxylic acid groups (broad SMARTS) is 1. The molecule has 0 bridgehead atoms. The first-order chi connectivity index (χ1) is 16.7. The van der Waals surface area contributed by atoms with Gasteiger partial charge in [0.05, 0.1) is 6.54 Å². The molecule has 1 aliphatic heterocycles. The van der Waals surface area contributed by atoms with Crippen molar-refractivity contribution < 1.29 is 38.6 Å². The number of hydrogen-bond acceptors (Lipinski definition) is 7. The van der Waals surface area contributed by atoms with Gasteiger partial charge in [0.1, 0.15) is 29.3 Å². The zero-order chi connectivity index (χ0) is 28.9. The van der Waals surface area contributed by atoms with Crippen LogP contribution in [0.1, 0.15) is 61.3 Å². The second-order valence-electron chi connectivity index (χ2n) is 11.3. The summed E-state index contributed by atoms with van der Waals surface area (Å²) < 4.78 is 5.20. The van der Waals surface area contributed by atoms with Crippen molar-refractivity contribution in [3.8, 4) is 0 Å². The average Bonchev–Trinajstić information content (AvgIpc) is 3.20. The Morgan fingerprint density at radius 1 is 0.892 bits per heavy atom. The van der Waals surface area contributed by atoms with Crippen molar-refractivity contribution in [2.75, 3.05) is 33.7 Å². The van der Waals surface area contributed by atoms with E-state index in [1.807, 2.05) is 0 Å². The van der Waals surface area contributed by atoms with E-state index in [1.54, 1.807) is 20.8 Å². The number of amides is 5. The first-order valence-electron chi connectivity index (χ1n) is 12.0. The Hall–Kier alpha value is -3.38. The van der Waals surface area contributed by atoms with Crippen LogP contribution in [0.2, 0.25) is 0 Å². The molecule has 13 heteroatoms. The fraction of sp³-hybridized carbons (Fsp3) is 0.750. The van der Waals surface area contributed by atoms with E-state index in [9.17, 15) is 33.9 Å². The van der Waals surface area contributed by atoms with Crippen LogP contribution in [0, 0.1) is 0 Å². The standard InChI is InChI=1S/C24H41N5O8/c1-22(2,3)37-21(36)28(9)14-17(31)27(8)13-16(30)25-23(4,5)19(33)29-12-10-11-15(29)18(32)26-24(6,7)20(34)35/h15H,10-14H2,1-9H3,(H,25,30)(H,26,32)(H,34,35). The lowest BCUT2D eigenvalue weighted by atomic mass is 10.0. The second kappa shape index (κ2) is 11.8. The number of aliphatic carboxylic acids is 1. The number of carboxylic acids is 1. The molecule has 210 valence electrons. The Balaban J connectivity index is 2.75. The minimum atomic E-state index is -1.51. The van der Waals surface area contributed by atoms with Gasteiger partial charge in [-0.2, -0.15) is 0 Å². The molecule has 0 radical (unpaired) electrons. The molecule has 0 spiro atoms. The first-order valence-corrected chi connectivity index (χ1v) is 12.0. The number of nitrogens with one attached hydrogen (secondary N) is 2. The van der Waals surface area contributed by atoms with Crippen LogP contribution >= 0.6 is 0 Å². The molecule has 0 aromatic rings. The molecule has 13 nitrogen and oxygen atoms in total. The van der Waals surface area contributed by atoms with Gasteiger partial charge in [-0.3, -0.25) is 19.2 Å². The molecule has 0 aromatic heterocycles. The average molecular weight is 528 g/mol. The molecule has 5 amide bonds. The topological polar surface area (TPSA) is 166 Å². The van der Waals surface area contributed by atoms with E-state index in [-0.39, 0.29) is 19.6 Å². The van der Waals surface area contributed by atoms with Crippen molar-refractivity contribution in [3.05, 3.63) is 0 Å². The van der Waals surface area contributed by atoms with E-state index in [4.69, 9.17) is 4.74 Å². The normalized spacial score (nSPS) is 16.0. The predicted molar refractivity (Wildman–Crippen MR) is 133 cm³/mol. The Morgan fingerprint density at radius 2 is 1.46 bits per heavy atom. The number of nitrogens with zero attached hydrogens (tertiary/aromatic N) is 3. The highest BCUT2D eigenvalue weighted by molar-refractivity contribution is 5.97. The summed E-state index contributed by atoms with van der Waals surface area (Å²) in [6.07, 6.45) is 0.227. The summed E-state index contributed by atoms with van der Waals surface area (Å²) in [6.45, 7) is 10.4. The summed E-state index contributed by atoms with van der Waals surface area (Å²) in [6, 6.07) is -0.866. The van der Waals surface area contributed by atoms with Gasteiger partial charge in [0, 0.05) is 20.6 Å². The SMILES string of the molecule is CN(CC(=O)NC(C)(C)C(=O)N1CCCC1C(=O)NC(C)(C)C(=O)O)C(=O)CN(C)C(=O)OC(C)(C)C. The Kier molecular flexibility index (Phi) is 10.1. The van der Waals surface area contributed by atoms with Gasteiger partial charge in [0.15, 0.2) is 0 Å². The minimum absolute atomic E-state index is 0.277. The maximum Gasteiger partial charge on any atom is 0.410 e. The zero-order valence-electron chi connectivity index (χ0n) is 23.3. The molecular weight excluding hydrogens is 486 g/mol. The summed E-state index contributed by atoms with van der Waals surface area (Å²) in [4.78, 5) is 78.1. The third-order valence-electron chi connectivity index (χ3n) is 5.66. The first kappa shape index (κ1) is 31.6. The number of rotatable bonds is 9. The summed E-state index contributed by atoms with van der Waals surface area (Å²) in [5.74, 6) is -3.42. The molecule has 1 aliphatic rings. The van der Waals surface area contributed by atoms with Crippen molar-refractivity contribution in [2.45, 2.75) is 84.0 Å². The van der Waals surface area contributed by atoms with Crippen molar-refractivity contribution in [1.82, 2.24) is 25.3 Å². The lowest BCUT2D eigenvalue weighted by Gasteiger charge is -2.34. The van der Waals surface area contributed by atoms with Gasteiger partial charge in [0.2, 0.25) is 23.6 Å². The fourth-order valence-corrected chi connectivity index (χ4v) is 3.56. The van der Waals surface area contributed by atoms with E-state index >= 15 is 0 Å². The molecule has 1 fully saturated rings. The Bertz CT molecular complexity index is 925. The van der Waals surface area contributed by atoms with Gasteiger partial charge >= 0.3 is 12.1 Å². The van der Waals surface area contributed by atoms with E-state index in [1.165, 1.54) is 46.7 Å². The number of likely N-dealkylation sites (tertiary alicyclic amines) is 1. The molecule has 1 saturated heterocycles. The number of ether oxygens (including phenoxy) is 1. The van der Waals surface area contributed by atoms with Crippen LogP contribution in [0.4, 0.5) is 4.79 Å². The Morgan fingerprint density at radius 3 is 1.97 bits per heavy atom. The largest absolute Gasteiger partial charge is 0.480 e. The zero-order valence-corrected chi connectivity index (χ0v) is 23.3. The Labute approximate surface area is 217 Å². The lowest BCUT2D eigenvalue weighted by molar-refractivity contribution is -0.149. The summed E-state index contributed by atoms with van der Waals surface area (Å²) in [5.41, 5.74) is -3.63. The molecule has 3 N–H and O–H groups in total. The number of likely N-dealkylation sites (N-methyl/N-ethyl adjacent to an activating group) is 2. The minimum Gasteiger partial charge on any atom is -0.480 e.